The molecule has 7 aromatic carbocycles. The Kier molecular flexibility index (Phi) is 8.44. The van der Waals surface area contributed by atoms with E-state index in [9.17, 15) is 0 Å². The molecule has 0 bridgehead atoms. The first-order chi connectivity index (χ1) is 28.1. The maximum absolute atomic E-state index is 2.59. The zero-order chi connectivity index (χ0) is 41.2. The molecule has 3 heterocycles. The van der Waals surface area contributed by atoms with Gasteiger partial charge in [-0.2, -0.15) is 0 Å². The number of fused-ring (bicyclic) bond motifs is 7. The molecular weight excluding hydrogens is 731 g/mol. The second-order valence-electron chi connectivity index (χ2n) is 20.0. The molecule has 1 aromatic heterocycles. The third kappa shape index (κ3) is 6.13. The van der Waals surface area contributed by atoms with Crippen LogP contribution in [0.25, 0.3) is 31.3 Å². The second kappa shape index (κ2) is 13.2. The van der Waals surface area contributed by atoms with Crippen molar-refractivity contribution in [1.82, 2.24) is 0 Å². The van der Waals surface area contributed by atoms with Gasteiger partial charge in [0.1, 0.15) is 0 Å². The summed E-state index contributed by atoms with van der Waals surface area (Å²) in [4.78, 5) is 5.13. The first-order valence-corrected chi connectivity index (χ1v) is 22.0. The van der Waals surface area contributed by atoms with Crippen LogP contribution in [0.1, 0.15) is 84.6 Å². The molecule has 0 spiro atoms. The number of rotatable bonds is 3. The predicted octanol–water partition coefficient (Wildman–Crippen LogP) is 14.0. The first kappa shape index (κ1) is 37.7. The van der Waals surface area contributed by atoms with Crippen LogP contribution in [0, 0.1) is 6.92 Å². The second-order valence-corrected chi connectivity index (χ2v) is 21.1. The average Bonchev–Trinajstić information content (AvgIpc) is 3.58. The summed E-state index contributed by atoms with van der Waals surface area (Å²) in [7, 11) is 0. The molecule has 0 unspecified atom stereocenters. The molecule has 0 saturated carbocycles. The highest BCUT2D eigenvalue weighted by Crippen LogP contribution is 2.47. The third-order valence-electron chi connectivity index (χ3n) is 12.8. The van der Waals surface area contributed by atoms with Gasteiger partial charge in [-0.3, -0.25) is 0 Å². The molecule has 2 nitrogen and oxygen atoms in total. The molecule has 0 N–H and O–H groups in total. The average molecular weight is 785 g/mol. The lowest BCUT2D eigenvalue weighted by molar-refractivity contribution is 0.590. The van der Waals surface area contributed by atoms with E-state index in [1.807, 2.05) is 11.3 Å². The molecule has 59 heavy (non-hydrogen) atoms. The van der Waals surface area contributed by atoms with Crippen molar-refractivity contribution in [3.05, 3.63) is 162 Å². The normalized spacial score (nSPS) is 13.8. The van der Waals surface area contributed by atoms with Gasteiger partial charge in [-0.25, -0.2) is 0 Å². The van der Waals surface area contributed by atoms with E-state index >= 15 is 0 Å². The van der Waals surface area contributed by atoms with Crippen molar-refractivity contribution in [2.75, 3.05) is 9.80 Å². The van der Waals surface area contributed by atoms with E-state index < -0.39 is 0 Å². The quantitative estimate of drug-likeness (QED) is 0.165. The fourth-order valence-corrected chi connectivity index (χ4v) is 10.7. The predicted molar refractivity (Wildman–Crippen MR) is 260 cm³/mol. The minimum absolute atomic E-state index is 0.00129. The van der Waals surface area contributed by atoms with E-state index in [4.69, 9.17) is 0 Å². The van der Waals surface area contributed by atoms with Crippen molar-refractivity contribution < 1.29 is 0 Å². The highest BCUT2D eigenvalue weighted by molar-refractivity contribution is 7.26. The van der Waals surface area contributed by atoms with Crippen molar-refractivity contribution in [3.8, 4) is 11.1 Å². The van der Waals surface area contributed by atoms with Gasteiger partial charge in [0.05, 0.1) is 0 Å². The van der Waals surface area contributed by atoms with Crippen molar-refractivity contribution in [3.63, 3.8) is 0 Å². The van der Waals surface area contributed by atoms with E-state index in [0.717, 1.165) is 0 Å². The van der Waals surface area contributed by atoms with Gasteiger partial charge in [0.2, 0.25) is 0 Å². The van der Waals surface area contributed by atoms with E-state index in [0.29, 0.717) is 0 Å². The summed E-state index contributed by atoms with van der Waals surface area (Å²) in [5.41, 5.74) is 19.3. The molecular formula is C55H53BN2S. The Balaban J connectivity index is 1.25. The number of thiophene rings is 1. The zero-order valence-electron chi connectivity index (χ0n) is 36.2. The van der Waals surface area contributed by atoms with Crippen LogP contribution in [0.2, 0.25) is 0 Å². The molecule has 8 aromatic rings. The van der Waals surface area contributed by atoms with Crippen molar-refractivity contribution in [1.29, 1.82) is 0 Å². The van der Waals surface area contributed by atoms with Crippen LogP contribution < -0.4 is 26.2 Å². The van der Waals surface area contributed by atoms with Crippen LogP contribution in [0.5, 0.6) is 0 Å². The molecule has 0 atom stereocenters. The lowest BCUT2D eigenvalue weighted by Gasteiger charge is -2.45. The SMILES string of the molecule is Cc1cc2c3c(c1)N(c1cccc(-c4cccc5sc6ccccc6c45)c1)c1cc(C(C)(C)C)ccc1B3c1cc(C(C)(C)C)ccc1N2c1ccc(C(C)(C)C)cc1. The van der Waals surface area contributed by atoms with Gasteiger partial charge in [-0.05, 0) is 134 Å². The molecule has 4 heteroatoms. The van der Waals surface area contributed by atoms with Crippen molar-refractivity contribution in [2.24, 2.45) is 0 Å². The molecule has 0 saturated heterocycles. The summed E-state index contributed by atoms with van der Waals surface area (Å²) in [6, 6.07) is 53.7. The van der Waals surface area contributed by atoms with Gasteiger partial charge in [-0.15, -0.1) is 11.3 Å². The van der Waals surface area contributed by atoms with E-state index in [-0.39, 0.29) is 23.0 Å². The Morgan fingerprint density at radius 2 is 1.07 bits per heavy atom. The summed E-state index contributed by atoms with van der Waals surface area (Å²) in [6.07, 6.45) is 0. The largest absolute Gasteiger partial charge is 0.311 e. The third-order valence-corrected chi connectivity index (χ3v) is 13.9. The molecule has 0 amide bonds. The Bertz CT molecular complexity index is 2970. The molecule has 2 aliphatic heterocycles. The van der Waals surface area contributed by atoms with Gasteiger partial charge >= 0.3 is 0 Å². The number of benzene rings is 7. The molecule has 0 radical (unpaired) electrons. The minimum Gasteiger partial charge on any atom is -0.311 e. The van der Waals surface area contributed by atoms with E-state index in [2.05, 4.69) is 219 Å². The van der Waals surface area contributed by atoms with Crippen molar-refractivity contribution in [2.45, 2.75) is 85.5 Å². The van der Waals surface area contributed by atoms with Gasteiger partial charge in [0.25, 0.3) is 6.71 Å². The van der Waals surface area contributed by atoms with Crippen LogP contribution >= 0.6 is 11.3 Å². The standard InChI is InChI=1S/C55H53BN2S/c1-34-29-47-52-48(30-34)58(40-16-13-15-35(31-40)41-18-14-20-50-51(41)42-17-11-12-19-49(42)59-50)46-33-38(55(8,9)10)23-27-43(46)56(52)44-32-37(54(5,6)7)24-28-45(44)57(47)39-25-21-36(22-26-39)53(2,3)4/h11-33H,1-10H3. The summed E-state index contributed by atoms with van der Waals surface area (Å²) < 4.78 is 2.66. The van der Waals surface area contributed by atoms with E-state index in [1.54, 1.807) is 0 Å². The summed E-state index contributed by atoms with van der Waals surface area (Å²) in [6.45, 7) is 23.2. The van der Waals surface area contributed by atoms with Crippen molar-refractivity contribution >= 4 is 88.7 Å². The molecule has 0 aliphatic carbocycles. The maximum atomic E-state index is 2.59. The summed E-state index contributed by atoms with van der Waals surface area (Å²) in [5.74, 6) is 0. The Morgan fingerprint density at radius 1 is 0.458 bits per heavy atom. The van der Waals surface area contributed by atoms with Crippen LogP contribution in [-0.4, -0.2) is 6.71 Å². The smallest absolute Gasteiger partial charge is 0.252 e. The number of anilines is 6. The zero-order valence-corrected chi connectivity index (χ0v) is 37.0. The first-order valence-electron chi connectivity index (χ1n) is 21.2. The molecule has 292 valence electrons. The van der Waals surface area contributed by atoms with Crippen LogP contribution in [0.15, 0.2) is 140 Å². The van der Waals surface area contributed by atoms with Gasteiger partial charge in [0.15, 0.2) is 0 Å². The number of aryl methyl sites for hydroxylation is 1. The fraction of sp³-hybridized carbons (Fsp3) is 0.236. The van der Waals surface area contributed by atoms with Gasteiger partial charge in [-0.1, -0.05) is 141 Å². The molecule has 0 fully saturated rings. The monoisotopic (exact) mass is 784 g/mol. The topological polar surface area (TPSA) is 6.48 Å². The van der Waals surface area contributed by atoms with Crippen LogP contribution in [0.3, 0.4) is 0 Å². The lowest BCUT2D eigenvalue weighted by atomic mass is 9.33. The van der Waals surface area contributed by atoms with E-state index in [1.165, 1.54) is 104 Å². The van der Waals surface area contributed by atoms with Crippen LogP contribution in [-0.2, 0) is 16.2 Å². The minimum atomic E-state index is -0.0177. The Labute approximate surface area is 355 Å². The number of nitrogens with zero attached hydrogens (tertiary/aromatic N) is 2. The number of hydrogen-bond donors (Lipinski definition) is 0. The summed E-state index contributed by atoms with van der Waals surface area (Å²) >= 11 is 1.88. The van der Waals surface area contributed by atoms with Crippen LogP contribution in [0.4, 0.5) is 34.1 Å². The maximum Gasteiger partial charge on any atom is 0.252 e. The molecule has 2 aliphatic rings. The van der Waals surface area contributed by atoms with Gasteiger partial charge in [0, 0.05) is 54.3 Å². The Hall–Kier alpha value is -5.58. The summed E-state index contributed by atoms with van der Waals surface area (Å²) in [5, 5.41) is 2.66. The highest BCUT2D eigenvalue weighted by Gasteiger charge is 2.44. The molecule has 10 rings (SSSR count). The van der Waals surface area contributed by atoms with Gasteiger partial charge < -0.3 is 9.80 Å². The number of hydrogen-bond acceptors (Lipinski definition) is 3. The lowest BCUT2D eigenvalue weighted by Crippen LogP contribution is -2.61. The highest BCUT2D eigenvalue weighted by atomic mass is 32.1. The Morgan fingerprint density at radius 3 is 1.78 bits per heavy atom. The fourth-order valence-electron chi connectivity index (χ4n) is 9.56.